The second-order valence-corrected chi connectivity index (χ2v) is 12.0. The lowest BCUT2D eigenvalue weighted by Gasteiger charge is -2.58. The zero-order chi connectivity index (χ0) is 21.0. The summed E-state index contributed by atoms with van der Waals surface area (Å²) in [6, 6.07) is 0. The van der Waals surface area contributed by atoms with E-state index in [1.165, 1.54) is 56.9 Å². The lowest BCUT2D eigenvalue weighted by Crippen LogP contribution is -2.50. The van der Waals surface area contributed by atoms with E-state index in [1.807, 2.05) is 0 Å². The quantitative estimate of drug-likeness (QED) is 0.488. The maximum absolute atomic E-state index is 10.3. The highest BCUT2D eigenvalue weighted by Crippen LogP contribution is 2.67. The van der Waals surface area contributed by atoms with Crippen molar-refractivity contribution in [1.29, 1.82) is 0 Å². The van der Waals surface area contributed by atoms with E-state index < -0.39 is 6.08 Å². The first kappa shape index (κ1) is 19.7. The van der Waals surface area contributed by atoms with Gasteiger partial charge in [-0.3, -0.25) is 0 Å². The largest absolute Gasteiger partial charge is 0.393 e. The van der Waals surface area contributed by atoms with Gasteiger partial charge in [0.2, 0.25) is 0 Å². The van der Waals surface area contributed by atoms with Gasteiger partial charge >= 0.3 is 0 Å². The van der Waals surface area contributed by atoms with Crippen molar-refractivity contribution in [2.75, 3.05) is 0 Å². The summed E-state index contributed by atoms with van der Waals surface area (Å²) in [7, 11) is 0. The molecule has 8 atom stereocenters. The van der Waals surface area contributed by atoms with Crippen LogP contribution in [-0.2, 0) is 0 Å². The third-order valence-corrected chi connectivity index (χ3v) is 10.2. The summed E-state index contributed by atoms with van der Waals surface area (Å²) in [5.74, 6) is 5.15. The molecular formula is C27H46O. The fourth-order valence-corrected chi connectivity index (χ4v) is 8.51. The Bertz CT molecular complexity index is 636. The fourth-order valence-electron chi connectivity index (χ4n) is 8.51. The van der Waals surface area contributed by atoms with Crippen molar-refractivity contribution in [3.63, 3.8) is 0 Å². The van der Waals surface area contributed by atoms with Crippen LogP contribution in [0, 0.1) is 46.3 Å². The van der Waals surface area contributed by atoms with Crippen LogP contribution < -0.4 is 0 Å². The number of hydrogen-bond donors (Lipinski definition) is 1. The van der Waals surface area contributed by atoms with Crippen molar-refractivity contribution in [2.45, 2.75) is 111 Å². The van der Waals surface area contributed by atoms with Crippen LogP contribution in [-0.4, -0.2) is 11.2 Å². The van der Waals surface area contributed by atoms with Crippen molar-refractivity contribution in [3.8, 4) is 0 Å². The number of fused-ring (bicyclic) bond motifs is 5. The Kier molecular flexibility index (Phi) is 5.44. The summed E-state index contributed by atoms with van der Waals surface area (Å²) in [4.78, 5) is 0. The number of allylic oxidation sites excluding steroid dienone is 1. The van der Waals surface area contributed by atoms with Crippen molar-refractivity contribution in [1.82, 2.24) is 0 Å². The van der Waals surface area contributed by atoms with Gasteiger partial charge in [0, 0.05) is 0 Å². The molecule has 0 spiro atoms. The minimum absolute atomic E-state index is 0.249. The van der Waals surface area contributed by atoms with Gasteiger partial charge in [0.25, 0.3) is 0 Å². The van der Waals surface area contributed by atoms with Crippen LogP contribution >= 0.6 is 0 Å². The predicted octanol–water partition coefficient (Wildman–Crippen LogP) is 7.39. The maximum atomic E-state index is 10.3. The van der Waals surface area contributed by atoms with Crippen LogP contribution in [0.2, 0.25) is 0 Å². The Balaban J connectivity index is 1.50. The van der Waals surface area contributed by atoms with Gasteiger partial charge in [-0.2, -0.15) is 0 Å². The molecule has 0 radical (unpaired) electrons. The first-order chi connectivity index (χ1) is 13.6. The standard InChI is InChI=1S/C27H46O/c1-18(2)7-6-8-19(3)23-11-12-24-22-10-9-20-17-21(28)13-15-26(20,4)25(22)14-16-27(23,24)5/h9,18-19,21-25,28H,6-8,10-17H2,1-5H3/t19-,21+,22+,23-,24+,25+,26+,27-/m1/s1/i21D. The van der Waals surface area contributed by atoms with Crippen LogP contribution in [0.3, 0.4) is 0 Å². The minimum atomic E-state index is -1.22. The summed E-state index contributed by atoms with van der Waals surface area (Å²) in [6.07, 6.45) is 14.6. The smallest absolute Gasteiger partial charge is 0.0604 e. The molecule has 3 saturated carbocycles. The van der Waals surface area contributed by atoms with E-state index in [1.54, 1.807) is 0 Å². The van der Waals surface area contributed by atoms with E-state index in [9.17, 15) is 5.11 Å². The van der Waals surface area contributed by atoms with Crippen LogP contribution in [0.5, 0.6) is 0 Å². The molecule has 1 N–H and O–H groups in total. The first-order valence-corrected chi connectivity index (χ1v) is 12.5. The fraction of sp³-hybridized carbons (Fsp3) is 0.926. The number of rotatable bonds is 5. The second-order valence-electron chi connectivity index (χ2n) is 12.0. The maximum Gasteiger partial charge on any atom is 0.0604 e. The van der Waals surface area contributed by atoms with Gasteiger partial charge in [-0.25, -0.2) is 0 Å². The average Bonchev–Trinajstić information content (AvgIpc) is 2.99. The van der Waals surface area contributed by atoms with E-state index >= 15 is 0 Å². The van der Waals surface area contributed by atoms with Crippen LogP contribution in [0.1, 0.15) is 107 Å². The third kappa shape index (κ3) is 3.42. The van der Waals surface area contributed by atoms with E-state index in [4.69, 9.17) is 1.37 Å². The van der Waals surface area contributed by atoms with Crippen LogP contribution in [0.25, 0.3) is 0 Å². The zero-order valence-electron chi connectivity index (χ0n) is 20.3. The Labute approximate surface area is 176 Å². The van der Waals surface area contributed by atoms with E-state index in [0.29, 0.717) is 18.3 Å². The monoisotopic (exact) mass is 387 g/mol. The molecule has 0 aromatic carbocycles. The molecule has 0 bridgehead atoms. The molecule has 0 amide bonds. The number of aliphatic hydroxyl groups is 1. The molecule has 3 fully saturated rings. The molecule has 4 rings (SSSR count). The second kappa shape index (κ2) is 7.75. The van der Waals surface area contributed by atoms with Crippen molar-refractivity contribution < 1.29 is 6.48 Å². The molecule has 0 aromatic rings. The average molecular weight is 388 g/mol. The Hall–Kier alpha value is -0.300. The molecule has 0 unspecified atom stereocenters. The summed E-state index contributed by atoms with van der Waals surface area (Å²) < 4.78 is 8.19. The SMILES string of the molecule is [2H][C@]1(O)CC[C@@]2(C)C(=CC[C@H]3[C@@H]4CC[C@H]([C@H](C)CCCC(C)C)[C@@]4(C)CC[C@@H]32)C1. The van der Waals surface area contributed by atoms with Gasteiger partial charge in [0.1, 0.15) is 0 Å². The molecule has 0 aliphatic heterocycles. The molecule has 0 saturated heterocycles. The van der Waals surface area contributed by atoms with Crippen LogP contribution in [0.15, 0.2) is 11.6 Å². The third-order valence-electron chi connectivity index (χ3n) is 10.2. The molecule has 1 heteroatoms. The van der Waals surface area contributed by atoms with Crippen molar-refractivity contribution >= 4 is 0 Å². The first-order valence-electron chi connectivity index (χ1n) is 13.0. The van der Waals surface area contributed by atoms with E-state index in [0.717, 1.165) is 41.9 Å². The molecular weight excluding hydrogens is 340 g/mol. The number of hydrogen-bond acceptors (Lipinski definition) is 1. The van der Waals surface area contributed by atoms with Gasteiger partial charge in [-0.15, -0.1) is 0 Å². The summed E-state index contributed by atoms with van der Waals surface area (Å²) in [5, 5.41) is 10.3. The highest BCUT2D eigenvalue weighted by Gasteiger charge is 2.59. The molecule has 4 aliphatic rings. The van der Waals surface area contributed by atoms with E-state index in [2.05, 4.69) is 40.7 Å². The van der Waals surface area contributed by atoms with Gasteiger partial charge in [-0.05, 0) is 97.7 Å². The van der Waals surface area contributed by atoms with Crippen LogP contribution in [0.4, 0.5) is 0 Å². The molecule has 0 aromatic heterocycles. The molecule has 4 aliphatic carbocycles. The lowest BCUT2D eigenvalue weighted by molar-refractivity contribution is -0.0573. The van der Waals surface area contributed by atoms with Gasteiger partial charge < -0.3 is 5.11 Å². The normalized spacial score (nSPS) is 49.7. The van der Waals surface area contributed by atoms with Gasteiger partial charge in [0.05, 0.1) is 7.45 Å². The minimum Gasteiger partial charge on any atom is -0.393 e. The van der Waals surface area contributed by atoms with Crippen molar-refractivity contribution in [2.24, 2.45) is 46.3 Å². The Morgan fingerprint density at radius 2 is 1.86 bits per heavy atom. The van der Waals surface area contributed by atoms with Gasteiger partial charge in [-0.1, -0.05) is 65.5 Å². The topological polar surface area (TPSA) is 20.2 Å². The predicted molar refractivity (Wildman–Crippen MR) is 119 cm³/mol. The molecule has 28 heavy (non-hydrogen) atoms. The molecule has 0 heterocycles. The van der Waals surface area contributed by atoms with Crippen molar-refractivity contribution in [3.05, 3.63) is 11.6 Å². The van der Waals surface area contributed by atoms with Gasteiger partial charge in [0.15, 0.2) is 0 Å². The zero-order valence-corrected chi connectivity index (χ0v) is 19.3. The summed E-state index contributed by atoms with van der Waals surface area (Å²) in [6.45, 7) is 12.4. The molecule has 160 valence electrons. The Morgan fingerprint density at radius 3 is 2.61 bits per heavy atom. The Morgan fingerprint density at radius 1 is 1.07 bits per heavy atom. The highest BCUT2D eigenvalue weighted by molar-refractivity contribution is 5.25. The summed E-state index contributed by atoms with van der Waals surface area (Å²) >= 11 is 0. The highest BCUT2D eigenvalue weighted by atomic mass is 16.3. The van der Waals surface area contributed by atoms with E-state index in [-0.39, 0.29) is 5.41 Å². The lowest BCUT2D eigenvalue weighted by atomic mass is 9.47. The molecule has 1 nitrogen and oxygen atoms in total. The summed E-state index contributed by atoms with van der Waals surface area (Å²) in [5.41, 5.74) is 2.21.